The van der Waals surface area contributed by atoms with E-state index in [9.17, 15) is 25.9 Å². The first-order chi connectivity index (χ1) is 19.8. The third-order valence-corrected chi connectivity index (χ3v) is 8.11. The average Bonchev–Trinajstić information content (AvgIpc) is 2.93. The number of anilines is 2. The number of hydrogen-bond donors (Lipinski definition) is 5. The third-order valence-electron chi connectivity index (χ3n) is 5.23. The molecule has 0 spiro atoms. The molecule has 17 nitrogen and oxygen atoms in total. The van der Waals surface area contributed by atoms with E-state index in [2.05, 4.69) is 39.8 Å². The summed E-state index contributed by atoms with van der Waals surface area (Å²) in [4.78, 5) is 7.28. The van der Waals surface area contributed by atoms with E-state index in [1.807, 2.05) is 0 Å². The predicted molar refractivity (Wildman–Crippen MR) is 152 cm³/mol. The first kappa shape index (κ1) is 31.1. The van der Waals surface area contributed by atoms with Crippen molar-refractivity contribution in [3.05, 3.63) is 48.5 Å². The second kappa shape index (κ2) is 12.6. The molecule has 0 unspecified atom stereocenters. The standard InChI is InChI=1S/C21H18N8O9S4/c1-39-21-24-19(22)18(20(23)25-21)29-27-15-6-5-14(12-4-3-11(9-13(12)15)41(31,32)33)26-28-16-8-10(40-38-37-30)2-7-17(16)42(34,35)36/h2-9,30H,1H3,(H,31,32,33)(H,34,35,36)(H4,22,23,24,25)/b28-26+,29-27+. The largest absolute Gasteiger partial charge is 0.382 e. The summed E-state index contributed by atoms with van der Waals surface area (Å²) in [7, 11) is -9.36. The van der Waals surface area contributed by atoms with Crippen LogP contribution in [-0.2, 0) is 29.6 Å². The summed E-state index contributed by atoms with van der Waals surface area (Å²) in [5.41, 5.74) is 11.7. The van der Waals surface area contributed by atoms with Crippen LogP contribution in [0.3, 0.4) is 0 Å². The van der Waals surface area contributed by atoms with E-state index in [4.69, 9.17) is 16.7 Å². The van der Waals surface area contributed by atoms with Gasteiger partial charge in [0.1, 0.15) is 10.6 Å². The van der Waals surface area contributed by atoms with Crippen molar-refractivity contribution in [2.45, 2.75) is 19.8 Å². The van der Waals surface area contributed by atoms with Gasteiger partial charge in [0.15, 0.2) is 22.5 Å². The molecular weight excluding hydrogens is 637 g/mol. The van der Waals surface area contributed by atoms with E-state index in [1.165, 1.54) is 42.1 Å². The maximum Gasteiger partial charge on any atom is 0.296 e. The van der Waals surface area contributed by atoms with Crippen LogP contribution in [-0.4, -0.2) is 47.4 Å². The number of nitrogens with zero attached hydrogens (tertiary/aromatic N) is 6. The van der Waals surface area contributed by atoms with Crippen LogP contribution < -0.4 is 11.5 Å². The van der Waals surface area contributed by atoms with Crippen molar-refractivity contribution in [2.24, 2.45) is 20.5 Å². The third kappa shape index (κ3) is 7.15. The van der Waals surface area contributed by atoms with E-state index < -0.39 is 30.0 Å². The van der Waals surface area contributed by atoms with Crippen LogP contribution in [0.2, 0.25) is 0 Å². The summed E-state index contributed by atoms with van der Waals surface area (Å²) in [6.45, 7) is 0. The van der Waals surface area contributed by atoms with Gasteiger partial charge in [0.2, 0.25) is 0 Å². The Morgan fingerprint density at radius 3 is 2.00 bits per heavy atom. The van der Waals surface area contributed by atoms with Gasteiger partial charge in [-0.2, -0.15) is 16.8 Å². The first-order valence-corrected chi connectivity index (χ1v) is 15.8. The topological polar surface area (TPSA) is 275 Å². The van der Waals surface area contributed by atoms with Gasteiger partial charge in [-0.05, 0) is 48.7 Å². The molecule has 1 aromatic heterocycles. The molecule has 7 N–H and O–H groups in total. The van der Waals surface area contributed by atoms with E-state index in [1.54, 1.807) is 6.26 Å². The summed E-state index contributed by atoms with van der Waals surface area (Å²) >= 11 is 1.72. The van der Waals surface area contributed by atoms with Crippen LogP contribution >= 0.6 is 23.8 Å². The van der Waals surface area contributed by atoms with Crippen molar-refractivity contribution >= 4 is 89.2 Å². The number of aromatic nitrogens is 2. The zero-order valence-corrected chi connectivity index (χ0v) is 24.1. The Labute approximate surface area is 245 Å². The number of rotatable bonds is 10. The Bertz CT molecular complexity index is 1930. The van der Waals surface area contributed by atoms with E-state index in [0.717, 1.165) is 18.2 Å². The van der Waals surface area contributed by atoms with Gasteiger partial charge in [-0.3, -0.25) is 9.11 Å². The minimum Gasteiger partial charge on any atom is -0.382 e. The summed E-state index contributed by atoms with van der Waals surface area (Å²) < 4.78 is 71.0. The quantitative estimate of drug-likeness (QED) is 0.0277. The summed E-state index contributed by atoms with van der Waals surface area (Å²) in [6.07, 6.45) is 1.73. The lowest BCUT2D eigenvalue weighted by Gasteiger charge is -2.08. The van der Waals surface area contributed by atoms with Crippen LogP contribution in [0.15, 0.2) is 88.8 Å². The van der Waals surface area contributed by atoms with Gasteiger partial charge >= 0.3 is 0 Å². The number of nitrogen functional groups attached to an aromatic ring is 2. The Morgan fingerprint density at radius 2 is 1.40 bits per heavy atom. The number of nitrogens with two attached hydrogens (primary N) is 2. The Hall–Kier alpha value is -3.80. The van der Waals surface area contributed by atoms with Crippen LogP contribution in [0.1, 0.15) is 0 Å². The number of fused-ring (bicyclic) bond motifs is 1. The maximum absolute atomic E-state index is 11.9. The minimum atomic E-state index is -4.73. The highest BCUT2D eigenvalue weighted by atomic mass is 32.2. The van der Waals surface area contributed by atoms with Gasteiger partial charge < -0.3 is 11.5 Å². The van der Waals surface area contributed by atoms with Gasteiger partial charge in [-0.15, -0.1) is 24.8 Å². The molecule has 0 aliphatic rings. The zero-order valence-electron chi connectivity index (χ0n) is 20.9. The van der Waals surface area contributed by atoms with Crippen LogP contribution in [0.25, 0.3) is 10.8 Å². The Kier molecular flexibility index (Phi) is 9.34. The highest BCUT2D eigenvalue weighted by Crippen LogP contribution is 2.39. The van der Waals surface area contributed by atoms with E-state index in [-0.39, 0.29) is 50.1 Å². The number of hydrogen-bond acceptors (Lipinski definition) is 17. The molecule has 0 fully saturated rings. The van der Waals surface area contributed by atoms with Gasteiger partial charge in [0, 0.05) is 15.7 Å². The van der Waals surface area contributed by atoms with Gasteiger partial charge in [0.25, 0.3) is 20.2 Å². The molecule has 3 aromatic carbocycles. The molecule has 0 amide bonds. The lowest BCUT2D eigenvalue weighted by atomic mass is 10.1. The van der Waals surface area contributed by atoms with Gasteiger partial charge in [-0.25, -0.2) is 15.2 Å². The first-order valence-electron chi connectivity index (χ1n) is 10.9. The fraction of sp³-hybridized carbons (Fsp3) is 0.0476. The molecular formula is C21H18N8O9S4. The number of azo groups is 2. The van der Waals surface area contributed by atoms with Crippen molar-refractivity contribution in [1.29, 1.82) is 0 Å². The molecule has 0 atom stereocenters. The maximum atomic E-state index is 11.9. The van der Waals surface area contributed by atoms with Crippen molar-refractivity contribution in [1.82, 2.24) is 9.97 Å². The lowest BCUT2D eigenvalue weighted by molar-refractivity contribution is -0.432. The smallest absolute Gasteiger partial charge is 0.296 e. The molecule has 1 heterocycles. The molecule has 21 heteroatoms. The Morgan fingerprint density at radius 1 is 0.786 bits per heavy atom. The second-order valence-electron chi connectivity index (χ2n) is 7.85. The van der Waals surface area contributed by atoms with Crippen molar-refractivity contribution in [3.63, 3.8) is 0 Å². The van der Waals surface area contributed by atoms with Crippen LogP contribution in [0, 0.1) is 0 Å². The molecule has 220 valence electrons. The molecule has 4 rings (SSSR count). The molecule has 42 heavy (non-hydrogen) atoms. The van der Waals surface area contributed by atoms with Crippen molar-refractivity contribution in [3.8, 4) is 0 Å². The van der Waals surface area contributed by atoms with Crippen LogP contribution in [0.4, 0.5) is 34.4 Å². The fourth-order valence-corrected chi connectivity index (χ4v) is 5.29. The fourth-order valence-electron chi connectivity index (χ4n) is 3.40. The summed E-state index contributed by atoms with van der Waals surface area (Å²) in [5, 5.41) is 28.8. The number of thioether (sulfide) groups is 1. The average molecular weight is 655 g/mol. The molecule has 4 aromatic rings. The summed E-state index contributed by atoms with van der Waals surface area (Å²) in [6, 6.07) is 9.79. The molecule has 0 saturated heterocycles. The predicted octanol–water partition coefficient (Wildman–Crippen LogP) is 5.27. The van der Waals surface area contributed by atoms with Gasteiger partial charge in [-0.1, -0.05) is 22.9 Å². The molecule has 0 aliphatic carbocycles. The van der Waals surface area contributed by atoms with Crippen molar-refractivity contribution < 1.29 is 40.6 Å². The Balaban J connectivity index is 1.85. The minimum absolute atomic E-state index is 0.0262. The van der Waals surface area contributed by atoms with E-state index >= 15 is 0 Å². The lowest BCUT2D eigenvalue weighted by Crippen LogP contribution is -2.00. The summed E-state index contributed by atoms with van der Waals surface area (Å²) in [5.74, 6) is -0.0927. The van der Waals surface area contributed by atoms with Crippen LogP contribution in [0.5, 0.6) is 0 Å². The number of benzene rings is 3. The molecule has 0 radical (unpaired) electrons. The highest BCUT2D eigenvalue weighted by molar-refractivity contribution is 7.98. The normalized spacial score (nSPS) is 12.6. The molecule has 0 bridgehead atoms. The molecule has 0 aliphatic heterocycles. The highest BCUT2D eigenvalue weighted by Gasteiger charge is 2.18. The van der Waals surface area contributed by atoms with Crippen molar-refractivity contribution in [2.75, 3.05) is 17.7 Å². The SMILES string of the molecule is CSc1nc(N)c(/N=N/c2ccc(/N=N/c3cc(SOOO)ccc3S(=O)(=O)O)c3ccc(S(=O)(=O)O)cc23)c(N)n1. The second-order valence-corrected chi connectivity index (χ2v) is 12.2. The monoisotopic (exact) mass is 654 g/mol. The molecule has 0 saturated carbocycles. The van der Waals surface area contributed by atoms with Gasteiger partial charge in [0.05, 0.1) is 28.3 Å². The van der Waals surface area contributed by atoms with E-state index in [0.29, 0.717) is 17.2 Å². The zero-order chi connectivity index (χ0) is 30.7.